The second-order valence-electron chi connectivity index (χ2n) is 7.90. The molecule has 4 rings (SSSR count). The SMILES string of the molecule is C=S(C)(=O)Nc1c(OC)ccc(C(=O)c2cnn(C)c2OCc2ccc3ccccc3c2)c1Cl. The van der Waals surface area contributed by atoms with Crippen LogP contribution in [0.2, 0.25) is 5.02 Å². The topological polar surface area (TPSA) is 82.5 Å². The normalized spacial score (nSPS) is 12.8. The summed E-state index contributed by atoms with van der Waals surface area (Å²) < 4.78 is 27.8. The Hall–Kier alpha value is -3.49. The van der Waals surface area contributed by atoms with Gasteiger partial charge >= 0.3 is 0 Å². The van der Waals surface area contributed by atoms with E-state index in [1.807, 2.05) is 42.5 Å². The number of carbonyl (C=O) groups excluding carboxylic acids is 1. The van der Waals surface area contributed by atoms with Gasteiger partial charge in [0.15, 0.2) is 0 Å². The van der Waals surface area contributed by atoms with E-state index in [9.17, 15) is 9.00 Å². The lowest BCUT2D eigenvalue weighted by Gasteiger charge is -2.16. The molecule has 0 saturated heterocycles. The van der Waals surface area contributed by atoms with E-state index in [1.54, 1.807) is 19.2 Å². The fourth-order valence-corrected chi connectivity index (χ4v) is 4.57. The number of nitrogens with one attached hydrogen (secondary N) is 1. The lowest BCUT2D eigenvalue weighted by Crippen LogP contribution is -2.13. The van der Waals surface area contributed by atoms with Crippen molar-refractivity contribution in [3.63, 3.8) is 0 Å². The number of hydrogen-bond donors (Lipinski definition) is 1. The Balaban J connectivity index is 1.64. The molecule has 1 heterocycles. The van der Waals surface area contributed by atoms with Gasteiger partial charge in [0, 0.05) is 28.6 Å². The Morgan fingerprint density at radius 1 is 1.15 bits per heavy atom. The molecule has 34 heavy (non-hydrogen) atoms. The fourth-order valence-electron chi connectivity index (χ4n) is 3.59. The molecule has 0 radical (unpaired) electrons. The number of carbonyl (C=O) groups is 1. The Kier molecular flexibility index (Phi) is 6.54. The van der Waals surface area contributed by atoms with E-state index in [4.69, 9.17) is 21.1 Å². The van der Waals surface area contributed by atoms with Gasteiger partial charge in [-0.2, -0.15) is 5.10 Å². The van der Waals surface area contributed by atoms with Gasteiger partial charge in [-0.15, -0.1) is 0 Å². The second-order valence-corrected chi connectivity index (χ2v) is 10.5. The molecule has 0 aliphatic rings. The van der Waals surface area contributed by atoms with Crippen molar-refractivity contribution in [2.24, 2.45) is 7.05 Å². The van der Waals surface area contributed by atoms with Gasteiger partial charge in [-0.25, -0.2) is 8.89 Å². The van der Waals surface area contributed by atoms with E-state index in [1.165, 1.54) is 24.2 Å². The fraction of sp³-hybridized carbons (Fsp3) is 0.160. The van der Waals surface area contributed by atoms with Crippen LogP contribution < -0.4 is 14.2 Å². The number of ether oxygens (including phenoxy) is 2. The monoisotopic (exact) mass is 497 g/mol. The zero-order valence-electron chi connectivity index (χ0n) is 19.0. The highest BCUT2D eigenvalue weighted by atomic mass is 35.5. The number of ketones is 1. The summed E-state index contributed by atoms with van der Waals surface area (Å²) in [5.74, 6) is 3.87. The van der Waals surface area contributed by atoms with Crippen LogP contribution in [0.4, 0.5) is 5.69 Å². The molecule has 0 fully saturated rings. The molecule has 9 heteroatoms. The molecular formula is C25H24ClN3O4S. The summed E-state index contributed by atoms with van der Waals surface area (Å²) in [6.07, 6.45) is 2.87. The number of rotatable bonds is 8. The first-order valence-corrected chi connectivity index (χ1v) is 12.8. The molecule has 1 N–H and O–H groups in total. The zero-order valence-corrected chi connectivity index (χ0v) is 20.6. The molecular weight excluding hydrogens is 474 g/mol. The number of hydrogen-bond acceptors (Lipinski definition) is 5. The van der Waals surface area contributed by atoms with E-state index >= 15 is 0 Å². The predicted molar refractivity (Wildman–Crippen MR) is 138 cm³/mol. The summed E-state index contributed by atoms with van der Waals surface area (Å²) in [7, 11) is 0.490. The summed E-state index contributed by atoms with van der Waals surface area (Å²) in [5, 5.41) is 6.52. The third-order valence-electron chi connectivity index (χ3n) is 5.20. The number of anilines is 1. The second kappa shape index (κ2) is 9.40. The molecule has 176 valence electrons. The van der Waals surface area contributed by atoms with Crippen LogP contribution in [0, 0.1) is 0 Å². The summed E-state index contributed by atoms with van der Waals surface area (Å²) in [4.78, 5) is 13.4. The number of benzene rings is 3. The highest BCUT2D eigenvalue weighted by Gasteiger charge is 2.24. The van der Waals surface area contributed by atoms with Crippen LogP contribution in [0.15, 0.2) is 60.8 Å². The maximum atomic E-state index is 13.4. The molecule has 0 saturated carbocycles. The third-order valence-corrected chi connectivity index (χ3v) is 6.23. The van der Waals surface area contributed by atoms with E-state index < -0.39 is 9.71 Å². The van der Waals surface area contributed by atoms with Crippen LogP contribution in [-0.4, -0.2) is 39.0 Å². The number of fused-ring (bicyclic) bond motifs is 1. The van der Waals surface area contributed by atoms with Crippen molar-refractivity contribution in [2.75, 3.05) is 18.1 Å². The van der Waals surface area contributed by atoms with Crippen molar-refractivity contribution in [1.29, 1.82) is 0 Å². The molecule has 4 aromatic rings. The quantitative estimate of drug-likeness (QED) is 0.281. The zero-order chi connectivity index (χ0) is 24.5. The minimum absolute atomic E-state index is 0.0758. The summed E-state index contributed by atoms with van der Waals surface area (Å²) in [5.41, 5.74) is 1.64. The van der Waals surface area contributed by atoms with Crippen molar-refractivity contribution in [1.82, 2.24) is 9.78 Å². The average Bonchev–Trinajstić information content (AvgIpc) is 3.17. The highest BCUT2D eigenvalue weighted by Crippen LogP contribution is 2.37. The Morgan fingerprint density at radius 3 is 2.59 bits per heavy atom. The summed E-state index contributed by atoms with van der Waals surface area (Å²) in [6, 6.07) is 17.3. The number of halogens is 1. The third kappa shape index (κ3) is 4.88. The largest absolute Gasteiger partial charge is 0.495 e. The molecule has 3 aromatic carbocycles. The van der Waals surface area contributed by atoms with Crippen molar-refractivity contribution in [2.45, 2.75) is 6.61 Å². The van der Waals surface area contributed by atoms with Gasteiger partial charge in [0.05, 0.1) is 18.3 Å². The average molecular weight is 498 g/mol. The molecule has 0 aliphatic heterocycles. The van der Waals surface area contributed by atoms with Crippen LogP contribution in [-0.2, 0) is 23.4 Å². The van der Waals surface area contributed by atoms with Crippen LogP contribution in [0.3, 0.4) is 0 Å². The first-order chi connectivity index (χ1) is 16.2. The van der Waals surface area contributed by atoms with Gasteiger partial charge < -0.3 is 14.2 Å². The van der Waals surface area contributed by atoms with Gasteiger partial charge in [-0.3, -0.25) is 4.79 Å². The van der Waals surface area contributed by atoms with E-state index in [-0.39, 0.29) is 34.2 Å². The van der Waals surface area contributed by atoms with E-state index in [2.05, 4.69) is 15.7 Å². The van der Waals surface area contributed by atoms with Crippen molar-refractivity contribution in [3.8, 4) is 11.6 Å². The lowest BCUT2D eigenvalue weighted by atomic mass is 10.0. The minimum atomic E-state index is -2.67. The Morgan fingerprint density at radius 2 is 1.88 bits per heavy atom. The standard InChI is InChI=1S/C25H24ClN3O4S/c1-29-25(33-15-16-9-10-17-7-5-6-8-18(17)13-16)20(14-27-29)24(30)19-11-12-21(32-2)23(22(19)26)28-34(3,4)31/h5-14H,3,15H2,1-2,4H3,(H,28,31). The maximum absolute atomic E-state index is 13.4. The van der Waals surface area contributed by atoms with Crippen molar-refractivity contribution >= 4 is 49.4 Å². The number of nitrogens with zero attached hydrogens (tertiary/aromatic N) is 2. The first-order valence-electron chi connectivity index (χ1n) is 10.3. The molecule has 0 spiro atoms. The smallest absolute Gasteiger partial charge is 0.223 e. The Bertz CT molecular complexity index is 1500. The van der Waals surface area contributed by atoms with Crippen LogP contribution in [0.25, 0.3) is 10.8 Å². The molecule has 1 aromatic heterocycles. The van der Waals surface area contributed by atoms with Gasteiger partial charge in [0.1, 0.15) is 23.6 Å². The molecule has 0 aliphatic carbocycles. The first kappa shape index (κ1) is 23.7. The number of aryl methyl sites for hydroxylation is 1. The van der Waals surface area contributed by atoms with Gasteiger partial charge in [-0.05, 0) is 40.4 Å². The Labute approximate surface area is 203 Å². The summed E-state index contributed by atoms with van der Waals surface area (Å²) >= 11 is 6.55. The predicted octanol–water partition coefficient (Wildman–Crippen LogP) is 4.72. The number of methoxy groups -OCH3 is 1. The minimum Gasteiger partial charge on any atom is -0.495 e. The molecule has 0 amide bonds. The van der Waals surface area contributed by atoms with Crippen LogP contribution in [0.5, 0.6) is 11.6 Å². The molecule has 0 bridgehead atoms. The molecule has 7 nitrogen and oxygen atoms in total. The van der Waals surface area contributed by atoms with Crippen molar-refractivity contribution in [3.05, 3.63) is 82.5 Å². The van der Waals surface area contributed by atoms with E-state index in [0.29, 0.717) is 11.6 Å². The lowest BCUT2D eigenvalue weighted by molar-refractivity contribution is 0.103. The van der Waals surface area contributed by atoms with Crippen LogP contribution in [0.1, 0.15) is 21.5 Å². The van der Waals surface area contributed by atoms with Gasteiger partial charge in [0.2, 0.25) is 11.7 Å². The maximum Gasteiger partial charge on any atom is 0.223 e. The van der Waals surface area contributed by atoms with Crippen LogP contribution >= 0.6 is 11.6 Å². The molecule has 1 atom stereocenters. The van der Waals surface area contributed by atoms with Gasteiger partial charge in [0.25, 0.3) is 0 Å². The van der Waals surface area contributed by atoms with Crippen molar-refractivity contribution < 1.29 is 18.5 Å². The molecule has 1 unspecified atom stereocenters. The summed E-state index contributed by atoms with van der Waals surface area (Å²) in [6.45, 7) is 0.257. The number of aromatic nitrogens is 2. The highest BCUT2D eigenvalue weighted by molar-refractivity contribution is 8.00. The van der Waals surface area contributed by atoms with Gasteiger partial charge in [-0.1, -0.05) is 48.0 Å². The van der Waals surface area contributed by atoms with E-state index in [0.717, 1.165) is 16.3 Å².